The molecule has 0 unspecified atom stereocenters. The zero-order valence-electron chi connectivity index (χ0n) is 15.7. The monoisotopic (exact) mass is 392 g/mol. The highest BCUT2D eigenvalue weighted by Gasteiger charge is 2.22. The molecule has 0 atom stereocenters. The fourth-order valence-corrected chi connectivity index (χ4v) is 4.19. The molecule has 4 aromatic rings. The van der Waals surface area contributed by atoms with Crippen LogP contribution in [0.2, 0.25) is 0 Å². The molecule has 2 heterocycles. The lowest BCUT2D eigenvalue weighted by atomic mass is 10.1. The van der Waals surface area contributed by atoms with Crippen LogP contribution < -0.4 is 9.64 Å². The largest absolute Gasteiger partial charge is 0.484 e. The smallest absolute Gasteiger partial charge is 0.267 e. The Morgan fingerprint density at radius 1 is 1.14 bits per heavy atom. The molecule has 0 saturated heterocycles. The normalized spacial score (nSPS) is 10.9. The van der Waals surface area contributed by atoms with Crippen molar-refractivity contribution in [3.05, 3.63) is 77.7 Å². The summed E-state index contributed by atoms with van der Waals surface area (Å²) >= 11 is 1.50. The molecule has 142 valence electrons. The number of benzene rings is 2. The van der Waals surface area contributed by atoms with Gasteiger partial charge in [0.05, 0.1) is 23.0 Å². The number of rotatable bonds is 6. The third-order valence-electron chi connectivity index (χ3n) is 4.35. The van der Waals surface area contributed by atoms with Gasteiger partial charge in [0.1, 0.15) is 11.5 Å². The number of aromatic nitrogens is 1. The molecule has 6 heteroatoms. The van der Waals surface area contributed by atoms with Gasteiger partial charge in [-0.25, -0.2) is 4.98 Å². The number of anilines is 1. The molecule has 0 aliphatic heterocycles. The zero-order valence-corrected chi connectivity index (χ0v) is 16.5. The number of nitrogens with zero attached hydrogens (tertiary/aromatic N) is 2. The quantitative estimate of drug-likeness (QED) is 0.457. The van der Waals surface area contributed by atoms with Gasteiger partial charge in [0, 0.05) is 0 Å². The molecule has 0 aliphatic carbocycles. The Hall–Kier alpha value is -3.12. The Kier molecular flexibility index (Phi) is 5.12. The first-order valence-electron chi connectivity index (χ1n) is 8.98. The van der Waals surface area contributed by atoms with Gasteiger partial charge < -0.3 is 9.15 Å². The molecule has 0 fully saturated rings. The minimum Gasteiger partial charge on any atom is -0.484 e. The van der Waals surface area contributed by atoms with Crippen molar-refractivity contribution in [3.8, 4) is 5.75 Å². The fraction of sp³-hybridized carbons (Fsp3) is 0.182. The molecule has 0 aliphatic rings. The van der Waals surface area contributed by atoms with Crippen molar-refractivity contribution in [2.45, 2.75) is 20.4 Å². The van der Waals surface area contributed by atoms with E-state index in [0.29, 0.717) is 23.2 Å². The lowest BCUT2D eigenvalue weighted by Gasteiger charge is -2.19. The maximum absolute atomic E-state index is 13.0. The maximum Gasteiger partial charge on any atom is 0.267 e. The number of amides is 1. The molecule has 0 bridgehead atoms. The van der Waals surface area contributed by atoms with E-state index in [1.807, 2.05) is 49.4 Å². The lowest BCUT2D eigenvalue weighted by Crippen LogP contribution is -2.34. The molecule has 0 spiro atoms. The van der Waals surface area contributed by atoms with Crippen molar-refractivity contribution in [1.29, 1.82) is 0 Å². The van der Waals surface area contributed by atoms with E-state index < -0.39 is 0 Å². The van der Waals surface area contributed by atoms with Gasteiger partial charge in [-0.2, -0.15) is 0 Å². The van der Waals surface area contributed by atoms with Crippen molar-refractivity contribution < 1.29 is 13.9 Å². The highest BCUT2D eigenvalue weighted by atomic mass is 32.1. The number of ether oxygens (including phenoxy) is 1. The highest BCUT2D eigenvalue weighted by molar-refractivity contribution is 7.22. The van der Waals surface area contributed by atoms with Gasteiger partial charge in [0.2, 0.25) is 0 Å². The van der Waals surface area contributed by atoms with E-state index in [0.717, 1.165) is 15.8 Å². The van der Waals surface area contributed by atoms with Crippen LogP contribution in [0.5, 0.6) is 5.75 Å². The second-order valence-electron chi connectivity index (χ2n) is 6.59. The minimum absolute atomic E-state index is 0.0708. The fourth-order valence-electron chi connectivity index (χ4n) is 3.03. The number of aryl methyl sites for hydroxylation is 2. The number of hydrogen-bond donors (Lipinski definition) is 0. The van der Waals surface area contributed by atoms with E-state index in [-0.39, 0.29) is 12.5 Å². The van der Waals surface area contributed by atoms with Crippen LogP contribution in [0, 0.1) is 13.8 Å². The van der Waals surface area contributed by atoms with Gasteiger partial charge >= 0.3 is 0 Å². The molecule has 0 saturated carbocycles. The molecule has 0 radical (unpaired) electrons. The summed E-state index contributed by atoms with van der Waals surface area (Å²) in [4.78, 5) is 19.4. The number of para-hydroxylation sites is 1. The second-order valence-corrected chi connectivity index (χ2v) is 7.60. The van der Waals surface area contributed by atoms with E-state index in [4.69, 9.17) is 14.1 Å². The van der Waals surface area contributed by atoms with Gasteiger partial charge in [0.25, 0.3) is 5.91 Å². The lowest BCUT2D eigenvalue weighted by molar-refractivity contribution is -0.120. The second kappa shape index (κ2) is 7.86. The Morgan fingerprint density at radius 3 is 2.71 bits per heavy atom. The summed E-state index contributed by atoms with van der Waals surface area (Å²) in [5.41, 5.74) is 3.20. The summed E-state index contributed by atoms with van der Waals surface area (Å²) in [6.45, 7) is 4.34. The molecule has 0 N–H and O–H groups in total. The van der Waals surface area contributed by atoms with Crippen LogP contribution in [0.3, 0.4) is 0 Å². The molecule has 5 nitrogen and oxygen atoms in total. The van der Waals surface area contributed by atoms with E-state index in [9.17, 15) is 4.79 Å². The Morgan fingerprint density at radius 2 is 1.96 bits per heavy atom. The van der Waals surface area contributed by atoms with E-state index in [2.05, 4.69) is 19.1 Å². The molecular weight excluding hydrogens is 372 g/mol. The topological polar surface area (TPSA) is 55.6 Å². The van der Waals surface area contributed by atoms with Crippen LogP contribution in [0.1, 0.15) is 16.9 Å². The predicted octanol–water partition coefficient (Wildman–Crippen LogP) is 5.12. The molecule has 1 amide bonds. The third kappa shape index (κ3) is 3.92. The van der Waals surface area contributed by atoms with E-state index in [1.165, 1.54) is 16.9 Å². The summed E-state index contributed by atoms with van der Waals surface area (Å²) in [5.74, 6) is 1.18. The number of carbonyl (C=O) groups excluding carboxylic acids is 1. The molecular formula is C22H20N2O3S. The average molecular weight is 392 g/mol. The molecule has 2 aromatic heterocycles. The van der Waals surface area contributed by atoms with Crippen LogP contribution in [0.4, 0.5) is 5.13 Å². The Balaban J connectivity index is 1.63. The van der Waals surface area contributed by atoms with Crippen LogP contribution in [0.15, 0.2) is 65.3 Å². The standard InChI is InChI=1S/C22H20N2O3S/c1-15-11-16(2)21-19(12-15)28-22(23-21)24(13-18-9-6-10-26-18)20(25)14-27-17-7-4-3-5-8-17/h3-12H,13-14H2,1-2H3. The van der Waals surface area contributed by atoms with Crippen LogP contribution in [-0.4, -0.2) is 17.5 Å². The highest BCUT2D eigenvalue weighted by Crippen LogP contribution is 2.32. The third-order valence-corrected chi connectivity index (χ3v) is 5.38. The first kappa shape index (κ1) is 18.3. The minimum atomic E-state index is -0.173. The van der Waals surface area contributed by atoms with Crippen LogP contribution in [-0.2, 0) is 11.3 Å². The number of hydrogen-bond acceptors (Lipinski definition) is 5. The summed E-state index contributed by atoms with van der Waals surface area (Å²) in [6, 6.07) is 17.2. The van der Waals surface area contributed by atoms with E-state index >= 15 is 0 Å². The number of thiazole rings is 1. The Bertz CT molecular complexity index is 1090. The van der Waals surface area contributed by atoms with Gasteiger partial charge in [-0.1, -0.05) is 35.6 Å². The van der Waals surface area contributed by atoms with Crippen molar-refractivity contribution >= 4 is 32.6 Å². The summed E-state index contributed by atoms with van der Waals surface area (Å²) in [7, 11) is 0. The first-order valence-corrected chi connectivity index (χ1v) is 9.80. The van der Waals surface area contributed by atoms with Gasteiger partial charge in [-0.3, -0.25) is 9.69 Å². The number of furan rings is 1. The van der Waals surface area contributed by atoms with Crippen LogP contribution in [0.25, 0.3) is 10.2 Å². The van der Waals surface area contributed by atoms with Crippen molar-refractivity contribution in [2.75, 3.05) is 11.5 Å². The molecule has 2 aromatic carbocycles. The molecule has 28 heavy (non-hydrogen) atoms. The van der Waals surface area contributed by atoms with Crippen molar-refractivity contribution in [1.82, 2.24) is 4.98 Å². The predicted molar refractivity (Wildman–Crippen MR) is 111 cm³/mol. The van der Waals surface area contributed by atoms with Gasteiger partial charge in [-0.05, 0) is 55.3 Å². The van der Waals surface area contributed by atoms with Gasteiger partial charge in [-0.15, -0.1) is 0 Å². The van der Waals surface area contributed by atoms with E-state index in [1.54, 1.807) is 11.2 Å². The Labute approximate surface area is 167 Å². The average Bonchev–Trinajstić information content (AvgIpc) is 3.34. The summed E-state index contributed by atoms with van der Waals surface area (Å²) in [5, 5.41) is 0.641. The zero-order chi connectivity index (χ0) is 19.5. The maximum atomic E-state index is 13.0. The molecule has 4 rings (SSSR count). The van der Waals surface area contributed by atoms with Crippen molar-refractivity contribution in [2.24, 2.45) is 0 Å². The number of fused-ring (bicyclic) bond motifs is 1. The summed E-state index contributed by atoms with van der Waals surface area (Å²) in [6.07, 6.45) is 1.60. The first-order chi connectivity index (χ1) is 13.6. The SMILES string of the molecule is Cc1cc(C)c2nc(N(Cc3ccco3)C(=O)COc3ccccc3)sc2c1. The summed E-state index contributed by atoms with van der Waals surface area (Å²) < 4.78 is 12.2. The van der Waals surface area contributed by atoms with Crippen molar-refractivity contribution in [3.63, 3.8) is 0 Å². The van der Waals surface area contributed by atoms with Crippen LogP contribution >= 0.6 is 11.3 Å². The van der Waals surface area contributed by atoms with Gasteiger partial charge in [0.15, 0.2) is 11.7 Å². The number of carbonyl (C=O) groups is 1.